The summed E-state index contributed by atoms with van der Waals surface area (Å²) >= 11 is 0. The van der Waals surface area contributed by atoms with Gasteiger partial charge in [0, 0.05) is 34.7 Å². The maximum Gasteiger partial charge on any atom is 0.276 e. The summed E-state index contributed by atoms with van der Waals surface area (Å²) in [6.07, 6.45) is 3.43. The van der Waals surface area contributed by atoms with Gasteiger partial charge in [0.25, 0.3) is 5.91 Å². The Kier molecular flexibility index (Phi) is 3.84. The number of hydrogen-bond donors (Lipinski definition) is 5. The van der Waals surface area contributed by atoms with Gasteiger partial charge in [-0.3, -0.25) is 9.89 Å². The summed E-state index contributed by atoms with van der Waals surface area (Å²) in [4.78, 5) is 23.9. The van der Waals surface area contributed by atoms with Crippen LogP contribution in [0.15, 0.2) is 60.9 Å². The molecule has 0 atom stereocenters. The van der Waals surface area contributed by atoms with Crippen molar-refractivity contribution in [3.05, 3.63) is 66.6 Å². The van der Waals surface area contributed by atoms with Crippen molar-refractivity contribution in [3.8, 4) is 0 Å². The Hall–Kier alpha value is -4.40. The molecule has 9 nitrogen and oxygen atoms in total. The molecule has 0 bridgehead atoms. The molecule has 2 aromatic carbocycles. The second kappa shape index (κ2) is 6.64. The molecule has 5 aromatic rings. The summed E-state index contributed by atoms with van der Waals surface area (Å²) in [5.74, 6) is 0.440. The van der Waals surface area contributed by atoms with E-state index in [0.29, 0.717) is 22.6 Å². The third-order valence-corrected chi connectivity index (χ3v) is 4.54. The van der Waals surface area contributed by atoms with Gasteiger partial charge in [0.15, 0.2) is 5.69 Å². The number of hydrogen-bond acceptors (Lipinski definition) is 6. The van der Waals surface area contributed by atoms with E-state index in [4.69, 9.17) is 5.73 Å². The van der Waals surface area contributed by atoms with E-state index >= 15 is 0 Å². The second-order valence-electron chi connectivity index (χ2n) is 6.49. The van der Waals surface area contributed by atoms with Gasteiger partial charge in [-0.1, -0.05) is 6.07 Å². The number of nitrogens with two attached hydrogens (primary N) is 1. The van der Waals surface area contributed by atoms with Gasteiger partial charge in [-0.05, 0) is 47.9 Å². The van der Waals surface area contributed by atoms with Crippen molar-refractivity contribution in [2.45, 2.75) is 0 Å². The molecule has 0 spiro atoms. The normalized spacial score (nSPS) is 11.0. The van der Waals surface area contributed by atoms with Crippen molar-refractivity contribution in [2.75, 3.05) is 16.4 Å². The molecule has 3 aromatic heterocycles. The summed E-state index contributed by atoms with van der Waals surface area (Å²) in [6.45, 7) is 0. The van der Waals surface area contributed by atoms with Crippen LogP contribution in [0.4, 0.5) is 23.1 Å². The summed E-state index contributed by atoms with van der Waals surface area (Å²) < 4.78 is 0. The smallest absolute Gasteiger partial charge is 0.276 e. The maximum absolute atomic E-state index is 12.8. The van der Waals surface area contributed by atoms with E-state index in [9.17, 15) is 4.79 Å². The number of carbonyl (C=O) groups is 1. The first-order chi connectivity index (χ1) is 14.2. The van der Waals surface area contributed by atoms with Crippen LogP contribution >= 0.6 is 0 Å². The van der Waals surface area contributed by atoms with E-state index in [1.807, 2.05) is 48.7 Å². The van der Waals surface area contributed by atoms with Crippen LogP contribution in [-0.4, -0.2) is 31.1 Å². The fraction of sp³-hybridized carbons (Fsp3) is 0. The Labute approximate surface area is 164 Å². The SMILES string of the molecule is Nc1nccc(Nc2ccc3[nH]nc(C(=O)Nc4ccc5cc[nH]c5c4)c3c2)n1. The van der Waals surface area contributed by atoms with Crippen LogP contribution in [0.25, 0.3) is 21.8 Å². The summed E-state index contributed by atoms with van der Waals surface area (Å²) in [5.41, 5.74) is 9.06. The van der Waals surface area contributed by atoms with Gasteiger partial charge < -0.3 is 21.4 Å². The third kappa shape index (κ3) is 3.21. The summed E-state index contributed by atoms with van der Waals surface area (Å²) in [5, 5.41) is 14.9. The molecular formula is C20H16N8O. The predicted octanol–water partition coefficient (Wildman–Crippen LogP) is 3.41. The van der Waals surface area contributed by atoms with Crippen LogP contribution in [0.3, 0.4) is 0 Å². The summed E-state index contributed by atoms with van der Waals surface area (Å²) in [7, 11) is 0. The average Bonchev–Trinajstić information content (AvgIpc) is 3.34. The van der Waals surface area contributed by atoms with E-state index < -0.39 is 0 Å². The lowest BCUT2D eigenvalue weighted by Crippen LogP contribution is -2.12. The number of nitrogens with zero attached hydrogens (tertiary/aromatic N) is 3. The van der Waals surface area contributed by atoms with Crippen LogP contribution in [-0.2, 0) is 0 Å². The van der Waals surface area contributed by atoms with Crippen LogP contribution < -0.4 is 16.4 Å². The molecule has 0 saturated carbocycles. The van der Waals surface area contributed by atoms with E-state index in [1.165, 1.54) is 0 Å². The van der Waals surface area contributed by atoms with Crippen molar-refractivity contribution in [1.29, 1.82) is 0 Å². The van der Waals surface area contributed by atoms with Gasteiger partial charge in [0.1, 0.15) is 5.82 Å². The number of benzene rings is 2. The fourth-order valence-electron chi connectivity index (χ4n) is 3.17. The molecule has 0 aliphatic heterocycles. The Bertz CT molecular complexity index is 1350. The molecule has 3 heterocycles. The highest BCUT2D eigenvalue weighted by atomic mass is 16.1. The van der Waals surface area contributed by atoms with Crippen LogP contribution in [0, 0.1) is 0 Å². The minimum atomic E-state index is -0.300. The topological polar surface area (TPSA) is 137 Å². The van der Waals surface area contributed by atoms with Gasteiger partial charge in [0.05, 0.1) is 5.52 Å². The van der Waals surface area contributed by atoms with Gasteiger partial charge in [-0.15, -0.1) is 0 Å². The third-order valence-electron chi connectivity index (χ3n) is 4.54. The molecule has 0 fully saturated rings. The Morgan fingerprint density at radius 1 is 1.00 bits per heavy atom. The zero-order chi connectivity index (χ0) is 19.8. The number of amides is 1. The minimum absolute atomic E-state index is 0.179. The standard InChI is InChI=1S/C20H16N8O/c21-20-23-8-6-17(26-20)24-12-3-4-15-14(9-12)18(28-27-15)19(29)25-13-2-1-11-5-7-22-16(11)10-13/h1-10,22H,(H,25,29)(H,27,28)(H3,21,23,24,26). The molecule has 9 heteroatoms. The molecule has 0 unspecified atom stereocenters. The fourth-order valence-corrected chi connectivity index (χ4v) is 3.17. The van der Waals surface area contributed by atoms with Gasteiger partial charge in [0.2, 0.25) is 5.95 Å². The summed E-state index contributed by atoms with van der Waals surface area (Å²) in [6, 6.07) is 14.9. The van der Waals surface area contributed by atoms with Crippen LogP contribution in [0.1, 0.15) is 10.5 Å². The Morgan fingerprint density at radius 3 is 2.79 bits per heavy atom. The van der Waals surface area contributed by atoms with E-state index in [-0.39, 0.29) is 11.9 Å². The molecule has 0 aliphatic carbocycles. The van der Waals surface area contributed by atoms with Gasteiger partial charge in [-0.2, -0.15) is 10.1 Å². The molecule has 29 heavy (non-hydrogen) atoms. The first kappa shape index (κ1) is 16.8. The number of carbonyl (C=O) groups excluding carboxylic acids is 1. The Balaban J connectivity index is 1.43. The van der Waals surface area contributed by atoms with Crippen molar-refractivity contribution in [1.82, 2.24) is 25.1 Å². The number of aromatic amines is 2. The van der Waals surface area contributed by atoms with Crippen molar-refractivity contribution in [3.63, 3.8) is 0 Å². The predicted molar refractivity (Wildman–Crippen MR) is 112 cm³/mol. The largest absolute Gasteiger partial charge is 0.368 e. The monoisotopic (exact) mass is 384 g/mol. The molecular weight excluding hydrogens is 368 g/mol. The average molecular weight is 384 g/mol. The zero-order valence-electron chi connectivity index (χ0n) is 15.1. The quantitative estimate of drug-likeness (QED) is 0.322. The molecule has 5 rings (SSSR count). The minimum Gasteiger partial charge on any atom is -0.368 e. The molecule has 0 saturated heterocycles. The number of fused-ring (bicyclic) bond motifs is 2. The van der Waals surface area contributed by atoms with Gasteiger partial charge in [-0.25, -0.2) is 4.98 Å². The number of aromatic nitrogens is 5. The molecule has 142 valence electrons. The highest BCUT2D eigenvalue weighted by Gasteiger charge is 2.15. The van der Waals surface area contributed by atoms with E-state index in [0.717, 1.165) is 22.1 Å². The van der Waals surface area contributed by atoms with E-state index in [1.54, 1.807) is 12.3 Å². The lowest BCUT2D eigenvalue weighted by Gasteiger charge is -2.07. The maximum atomic E-state index is 12.8. The van der Waals surface area contributed by atoms with Crippen molar-refractivity contribution >= 4 is 50.9 Å². The number of rotatable bonds is 4. The second-order valence-corrected chi connectivity index (χ2v) is 6.49. The highest BCUT2D eigenvalue weighted by Crippen LogP contribution is 2.24. The lowest BCUT2D eigenvalue weighted by atomic mass is 10.1. The Morgan fingerprint density at radius 2 is 1.90 bits per heavy atom. The molecule has 6 N–H and O–H groups in total. The lowest BCUT2D eigenvalue weighted by molar-refractivity contribution is 0.102. The van der Waals surface area contributed by atoms with Crippen molar-refractivity contribution in [2.24, 2.45) is 0 Å². The number of nitrogens with one attached hydrogen (secondary N) is 4. The van der Waals surface area contributed by atoms with Gasteiger partial charge >= 0.3 is 0 Å². The molecule has 0 radical (unpaired) electrons. The molecule has 0 aliphatic rings. The van der Waals surface area contributed by atoms with Crippen molar-refractivity contribution < 1.29 is 4.79 Å². The zero-order valence-corrected chi connectivity index (χ0v) is 15.1. The first-order valence-corrected chi connectivity index (χ1v) is 8.88. The van der Waals surface area contributed by atoms with E-state index in [2.05, 4.69) is 35.8 Å². The van der Waals surface area contributed by atoms with Crippen LogP contribution in [0.2, 0.25) is 0 Å². The highest BCUT2D eigenvalue weighted by molar-refractivity contribution is 6.12. The number of anilines is 4. The number of nitrogen functional groups attached to an aromatic ring is 1. The first-order valence-electron chi connectivity index (χ1n) is 8.88. The number of H-pyrrole nitrogens is 2. The molecule has 1 amide bonds. The van der Waals surface area contributed by atoms with Crippen LogP contribution in [0.5, 0.6) is 0 Å².